The van der Waals surface area contributed by atoms with Gasteiger partial charge < -0.3 is 20.0 Å². The second-order valence-corrected chi connectivity index (χ2v) is 11.8. The minimum Gasteiger partial charge on any atom is -0.506 e. The molecule has 0 spiro atoms. The zero-order chi connectivity index (χ0) is 19.9. The van der Waals surface area contributed by atoms with Crippen LogP contribution in [-0.2, 0) is 9.13 Å². The zero-order valence-corrected chi connectivity index (χ0v) is 17.2. The largest absolute Gasteiger partial charge is 0.506 e. The fourth-order valence-electron chi connectivity index (χ4n) is 2.92. The van der Waals surface area contributed by atoms with Gasteiger partial charge in [0.1, 0.15) is 11.5 Å². The van der Waals surface area contributed by atoms with Crippen molar-refractivity contribution >= 4 is 36.1 Å². The Labute approximate surface area is 153 Å². The van der Waals surface area contributed by atoms with Crippen LogP contribution in [0.1, 0.15) is 40.5 Å². The predicted octanol–water partition coefficient (Wildman–Crippen LogP) is 3.64. The molecule has 8 heteroatoms. The lowest BCUT2D eigenvalue weighted by atomic mass is 10.1. The lowest BCUT2D eigenvalue weighted by Gasteiger charge is -2.28. The Morgan fingerprint density at radius 3 is 1.38 bits per heavy atom. The van der Waals surface area contributed by atoms with Crippen LogP contribution in [0.5, 0.6) is 11.5 Å². The van der Waals surface area contributed by atoms with Crippen molar-refractivity contribution in [3.63, 3.8) is 0 Å². The molecule has 0 aliphatic rings. The van der Waals surface area contributed by atoms with Crippen LogP contribution in [0, 0.1) is 0 Å². The highest BCUT2D eigenvalue weighted by molar-refractivity contribution is 7.73. The second-order valence-electron chi connectivity index (χ2n) is 6.70. The van der Waals surface area contributed by atoms with Crippen LogP contribution in [0.3, 0.4) is 0 Å². The molecule has 6 nitrogen and oxygen atoms in total. The van der Waals surface area contributed by atoms with Crippen molar-refractivity contribution < 1.29 is 29.1 Å². The van der Waals surface area contributed by atoms with E-state index in [0.717, 1.165) is 0 Å². The van der Waals surface area contributed by atoms with Gasteiger partial charge in [-0.05, 0) is 12.8 Å². The van der Waals surface area contributed by atoms with Gasteiger partial charge in [0, 0.05) is 22.1 Å². The maximum absolute atomic E-state index is 13.2. The highest BCUT2D eigenvalue weighted by Gasteiger charge is 2.43. The summed E-state index contributed by atoms with van der Waals surface area (Å²) in [4.78, 5) is 21.5. The molecule has 0 saturated carbocycles. The van der Waals surface area contributed by atoms with Crippen molar-refractivity contribution in [1.82, 2.24) is 0 Å². The molecule has 0 saturated heterocycles. The topological polar surface area (TPSA) is 115 Å². The van der Waals surface area contributed by atoms with Crippen LogP contribution in [0.2, 0.25) is 0 Å². The molecule has 0 radical (unpaired) electrons. The fraction of sp³-hybridized carbons (Fsp3) is 0.444. The minimum absolute atomic E-state index is 0.172. The molecule has 0 heterocycles. The average molecular weight is 400 g/mol. The van der Waals surface area contributed by atoms with Crippen LogP contribution < -0.4 is 10.6 Å². The minimum atomic E-state index is -4.23. The Morgan fingerprint density at radius 1 is 0.808 bits per heavy atom. The number of hydrogen-bond donors (Lipinski definition) is 4. The highest BCUT2D eigenvalue weighted by Crippen LogP contribution is 2.57. The van der Waals surface area contributed by atoms with Gasteiger partial charge >= 0.3 is 0 Å². The maximum atomic E-state index is 13.2. The summed E-state index contributed by atoms with van der Waals surface area (Å²) in [7, 11) is -8.46. The summed E-state index contributed by atoms with van der Waals surface area (Å²) in [5.74, 6) is -1.03. The SMILES string of the molecule is CCC(C)P(=O)(O)c1c(P(=O)(O)C(C)CC)c(O)c2ccccc2c1O. The molecule has 0 amide bonds. The van der Waals surface area contributed by atoms with E-state index in [1.54, 1.807) is 39.8 Å². The summed E-state index contributed by atoms with van der Waals surface area (Å²) in [6.07, 6.45) is 0.665. The normalized spacial score (nSPS) is 18.8. The first kappa shape index (κ1) is 21.0. The fourth-order valence-corrected chi connectivity index (χ4v) is 7.32. The highest BCUT2D eigenvalue weighted by atomic mass is 31.2. The molecule has 144 valence electrons. The Morgan fingerprint density at radius 2 is 1.12 bits per heavy atom. The van der Waals surface area contributed by atoms with E-state index in [4.69, 9.17) is 0 Å². The molecule has 0 bridgehead atoms. The van der Waals surface area contributed by atoms with E-state index >= 15 is 0 Å². The standard InChI is InChI=1S/C18H26O6P2/c1-5-11(3)25(21,22)17-15(19)13-9-7-8-10-14(13)16(20)18(17)26(23,24)12(4)6-2/h7-12,19-20H,5-6H2,1-4H3,(H,21,22)(H,23,24). The van der Waals surface area contributed by atoms with Crippen LogP contribution in [0.15, 0.2) is 24.3 Å². The molecule has 4 atom stereocenters. The lowest BCUT2D eigenvalue weighted by molar-refractivity contribution is 0.453. The molecule has 0 aromatic heterocycles. The zero-order valence-electron chi connectivity index (χ0n) is 15.4. The first-order chi connectivity index (χ1) is 12.0. The van der Waals surface area contributed by atoms with E-state index in [1.807, 2.05) is 0 Å². The number of phenols is 2. The van der Waals surface area contributed by atoms with Crippen molar-refractivity contribution in [3.05, 3.63) is 24.3 Å². The van der Waals surface area contributed by atoms with E-state index in [0.29, 0.717) is 12.8 Å². The molecule has 4 N–H and O–H groups in total. The summed E-state index contributed by atoms with van der Waals surface area (Å²) in [5, 5.41) is 20.9. The predicted molar refractivity (Wildman–Crippen MR) is 106 cm³/mol. The van der Waals surface area contributed by atoms with Crippen LogP contribution in [0.25, 0.3) is 10.8 Å². The van der Waals surface area contributed by atoms with Gasteiger partial charge in [0.2, 0.25) is 14.7 Å². The third-order valence-corrected chi connectivity index (χ3v) is 10.6. The summed E-state index contributed by atoms with van der Waals surface area (Å²) >= 11 is 0. The Balaban J connectivity index is 3.07. The van der Waals surface area contributed by atoms with Gasteiger partial charge in [-0.25, -0.2) is 0 Å². The number of fused-ring (bicyclic) bond motifs is 1. The van der Waals surface area contributed by atoms with E-state index in [-0.39, 0.29) is 10.8 Å². The van der Waals surface area contributed by atoms with Gasteiger partial charge in [0.25, 0.3) is 0 Å². The van der Waals surface area contributed by atoms with Crippen LogP contribution in [-0.4, -0.2) is 31.3 Å². The lowest BCUT2D eigenvalue weighted by Crippen LogP contribution is -2.32. The summed E-state index contributed by atoms with van der Waals surface area (Å²) in [5.41, 5.74) is -1.49. The number of hydrogen-bond acceptors (Lipinski definition) is 4. The smallest absolute Gasteiger partial charge is 0.237 e. The second kappa shape index (κ2) is 7.36. The van der Waals surface area contributed by atoms with Crippen LogP contribution in [0.4, 0.5) is 0 Å². The van der Waals surface area contributed by atoms with Crippen molar-refractivity contribution in [3.8, 4) is 11.5 Å². The summed E-state index contributed by atoms with van der Waals surface area (Å²) in [6, 6.07) is 6.23. The monoisotopic (exact) mass is 400 g/mol. The quantitative estimate of drug-likeness (QED) is 0.435. The third-order valence-electron chi connectivity index (χ3n) is 5.13. The molecule has 2 aromatic rings. The molecular formula is C18H26O6P2. The number of aromatic hydroxyl groups is 2. The molecule has 2 aromatic carbocycles. The molecule has 4 unspecified atom stereocenters. The van der Waals surface area contributed by atoms with E-state index in [2.05, 4.69) is 0 Å². The molecule has 0 aliphatic carbocycles. The van der Waals surface area contributed by atoms with Gasteiger partial charge in [0.05, 0.1) is 10.6 Å². The van der Waals surface area contributed by atoms with Gasteiger partial charge in [-0.2, -0.15) is 0 Å². The summed E-state index contributed by atoms with van der Waals surface area (Å²) in [6.45, 7) is 6.53. The number of rotatable bonds is 6. The van der Waals surface area contributed by atoms with Crippen LogP contribution >= 0.6 is 14.7 Å². The van der Waals surface area contributed by atoms with Crippen molar-refractivity contribution in [2.75, 3.05) is 0 Å². The average Bonchev–Trinajstić information content (AvgIpc) is 2.62. The molecule has 2 rings (SSSR count). The van der Waals surface area contributed by atoms with E-state index in [1.165, 1.54) is 12.1 Å². The van der Waals surface area contributed by atoms with E-state index in [9.17, 15) is 29.1 Å². The third kappa shape index (κ3) is 3.20. The molecule has 0 aliphatic heterocycles. The number of benzene rings is 2. The first-order valence-electron chi connectivity index (χ1n) is 8.64. The van der Waals surface area contributed by atoms with E-state index < -0.39 is 48.2 Å². The van der Waals surface area contributed by atoms with Gasteiger partial charge in [-0.15, -0.1) is 0 Å². The first-order valence-corrected chi connectivity index (χ1v) is 12.1. The van der Waals surface area contributed by atoms with Gasteiger partial charge in [-0.3, -0.25) is 9.13 Å². The summed E-state index contributed by atoms with van der Waals surface area (Å²) < 4.78 is 26.4. The van der Waals surface area contributed by atoms with Gasteiger partial charge in [0.15, 0.2) is 0 Å². The Kier molecular flexibility index (Phi) is 5.94. The van der Waals surface area contributed by atoms with Crippen molar-refractivity contribution in [2.45, 2.75) is 51.9 Å². The molecular weight excluding hydrogens is 374 g/mol. The van der Waals surface area contributed by atoms with Gasteiger partial charge in [-0.1, -0.05) is 52.0 Å². The Hall–Kier alpha value is -1.32. The number of phenolic OH excluding ortho intramolecular Hbond substituents is 2. The van der Waals surface area contributed by atoms with Crippen molar-refractivity contribution in [1.29, 1.82) is 0 Å². The Bertz CT molecular complexity index is 849. The van der Waals surface area contributed by atoms with Crippen molar-refractivity contribution in [2.24, 2.45) is 0 Å². The maximum Gasteiger partial charge on any atom is 0.237 e. The molecule has 26 heavy (non-hydrogen) atoms. The molecule has 0 fully saturated rings.